The van der Waals surface area contributed by atoms with Crippen molar-refractivity contribution in [2.75, 3.05) is 5.73 Å². The number of carboxylic acids is 1. The number of ether oxygens (including phenoxy) is 1. The van der Waals surface area contributed by atoms with Crippen molar-refractivity contribution in [2.24, 2.45) is 0 Å². The van der Waals surface area contributed by atoms with E-state index in [1.54, 1.807) is 39.0 Å². The highest BCUT2D eigenvalue weighted by Gasteiger charge is 2.24. The van der Waals surface area contributed by atoms with Crippen LogP contribution in [-0.2, 0) is 16.0 Å². The van der Waals surface area contributed by atoms with Crippen molar-refractivity contribution >= 4 is 40.3 Å². The van der Waals surface area contributed by atoms with E-state index in [4.69, 9.17) is 10.5 Å². The largest absolute Gasteiger partial charge is 0.480 e. The van der Waals surface area contributed by atoms with E-state index in [1.165, 1.54) is 0 Å². The van der Waals surface area contributed by atoms with E-state index in [2.05, 4.69) is 27.9 Å². The summed E-state index contributed by atoms with van der Waals surface area (Å²) < 4.78 is 5.90. The van der Waals surface area contributed by atoms with Crippen LogP contribution in [0.2, 0.25) is 0 Å². The normalized spacial score (nSPS) is 12.6. The second-order valence-electron chi connectivity index (χ2n) is 5.60. The maximum Gasteiger partial charge on any atom is 0.408 e. The molecule has 0 saturated heterocycles. The maximum atomic E-state index is 11.7. The van der Waals surface area contributed by atoms with Crippen LogP contribution < -0.4 is 11.1 Å². The number of alkyl carbamates (subject to hydrolysis) is 1. The Balaban J connectivity index is 2.76. The van der Waals surface area contributed by atoms with Crippen LogP contribution in [0, 0.1) is 3.57 Å². The van der Waals surface area contributed by atoms with Crippen LogP contribution in [0.1, 0.15) is 26.3 Å². The van der Waals surface area contributed by atoms with E-state index in [1.807, 2.05) is 0 Å². The molecule has 0 aromatic heterocycles. The minimum Gasteiger partial charge on any atom is -0.480 e. The fourth-order valence-corrected chi connectivity index (χ4v) is 2.16. The minimum absolute atomic E-state index is 0.158. The second-order valence-corrected chi connectivity index (χ2v) is 6.76. The number of aliphatic carboxylic acids is 1. The quantitative estimate of drug-likeness (QED) is 0.527. The molecule has 7 heteroatoms. The first-order valence-electron chi connectivity index (χ1n) is 6.34. The van der Waals surface area contributed by atoms with E-state index >= 15 is 0 Å². The molecule has 1 rings (SSSR count). The highest BCUT2D eigenvalue weighted by molar-refractivity contribution is 14.1. The molecule has 0 aliphatic rings. The molecule has 6 nitrogen and oxygen atoms in total. The van der Waals surface area contributed by atoms with Crippen LogP contribution in [0.3, 0.4) is 0 Å². The number of nitrogens with two attached hydrogens (primary N) is 1. The molecular formula is C14H19IN2O4. The molecule has 0 bridgehead atoms. The van der Waals surface area contributed by atoms with Crippen molar-refractivity contribution in [1.29, 1.82) is 0 Å². The van der Waals surface area contributed by atoms with E-state index in [-0.39, 0.29) is 6.42 Å². The monoisotopic (exact) mass is 406 g/mol. The smallest absolute Gasteiger partial charge is 0.408 e. The third-order valence-electron chi connectivity index (χ3n) is 2.49. The number of rotatable bonds is 4. The molecule has 0 spiro atoms. The summed E-state index contributed by atoms with van der Waals surface area (Å²) in [5, 5.41) is 11.6. The molecule has 0 unspecified atom stereocenters. The highest BCUT2D eigenvalue weighted by Crippen LogP contribution is 2.17. The minimum atomic E-state index is -1.12. The van der Waals surface area contributed by atoms with Gasteiger partial charge in [-0.05, 0) is 61.1 Å². The molecule has 1 aromatic carbocycles. The first-order valence-corrected chi connectivity index (χ1v) is 7.42. The number of anilines is 1. The third-order valence-corrected chi connectivity index (χ3v) is 3.43. The lowest BCUT2D eigenvalue weighted by molar-refractivity contribution is -0.139. The lowest BCUT2D eigenvalue weighted by Gasteiger charge is -2.22. The number of amides is 1. The van der Waals surface area contributed by atoms with Gasteiger partial charge in [0.15, 0.2) is 0 Å². The topological polar surface area (TPSA) is 102 Å². The van der Waals surface area contributed by atoms with Gasteiger partial charge in [0, 0.05) is 15.7 Å². The molecule has 0 fully saturated rings. The first-order chi connectivity index (χ1) is 9.58. The number of benzene rings is 1. The Bertz CT molecular complexity index is 540. The number of halogens is 1. The van der Waals surface area contributed by atoms with Gasteiger partial charge in [-0.3, -0.25) is 0 Å². The summed E-state index contributed by atoms with van der Waals surface area (Å²) in [5.41, 5.74) is 6.44. The number of carbonyl (C=O) groups excluding carboxylic acids is 1. The van der Waals surface area contributed by atoms with E-state index in [0.29, 0.717) is 5.69 Å². The molecule has 21 heavy (non-hydrogen) atoms. The van der Waals surface area contributed by atoms with Gasteiger partial charge in [0.25, 0.3) is 0 Å². The summed E-state index contributed by atoms with van der Waals surface area (Å²) in [5.74, 6) is -1.12. The Labute approximate surface area is 137 Å². The van der Waals surface area contributed by atoms with Crippen LogP contribution in [-0.4, -0.2) is 28.8 Å². The molecule has 4 N–H and O–H groups in total. The Morgan fingerprint density at radius 3 is 2.52 bits per heavy atom. The number of carboxylic acid groups (broad SMARTS) is 1. The summed E-state index contributed by atoms with van der Waals surface area (Å²) >= 11 is 2.07. The van der Waals surface area contributed by atoms with E-state index in [9.17, 15) is 14.7 Å². The molecule has 1 aromatic rings. The Morgan fingerprint density at radius 1 is 1.43 bits per heavy atom. The number of hydrogen-bond acceptors (Lipinski definition) is 4. The van der Waals surface area contributed by atoms with Gasteiger partial charge in [-0.2, -0.15) is 0 Å². The molecule has 0 radical (unpaired) electrons. The van der Waals surface area contributed by atoms with Crippen LogP contribution in [0.25, 0.3) is 0 Å². The van der Waals surface area contributed by atoms with Crippen LogP contribution >= 0.6 is 22.6 Å². The maximum absolute atomic E-state index is 11.7. The van der Waals surface area contributed by atoms with Gasteiger partial charge >= 0.3 is 12.1 Å². The summed E-state index contributed by atoms with van der Waals surface area (Å²) in [4.78, 5) is 22.9. The van der Waals surface area contributed by atoms with Crippen LogP contribution in [0.5, 0.6) is 0 Å². The zero-order chi connectivity index (χ0) is 16.2. The second kappa shape index (κ2) is 6.97. The van der Waals surface area contributed by atoms with Gasteiger partial charge in [0.05, 0.1) is 0 Å². The number of nitrogens with one attached hydrogen (secondary N) is 1. The fraction of sp³-hybridized carbons (Fsp3) is 0.429. The summed E-state index contributed by atoms with van der Waals surface area (Å²) in [7, 11) is 0. The van der Waals surface area contributed by atoms with Crippen molar-refractivity contribution in [3.8, 4) is 0 Å². The Morgan fingerprint density at radius 2 is 2.05 bits per heavy atom. The van der Waals surface area contributed by atoms with Crippen LogP contribution in [0.4, 0.5) is 10.5 Å². The zero-order valence-corrected chi connectivity index (χ0v) is 14.3. The van der Waals surface area contributed by atoms with Gasteiger partial charge in [0.1, 0.15) is 11.6 Å². The van der Waals surface area contributed by atoms with Crippen LogP contribution in [0.15, 0.2) is 18.2 Å². The molecule has 0 saturated carbocycles. The summed E-state index contributed by atoms with van der Waals surface area (Å²) in [6, 6.07) is 4.19. The van der Waals surface area contributed by atoms with Gasteiger partial charge in [-0.25, -0.2) is 9.59 Å². The number of nitrogen functional groups attached to an aromatic ring is 1. The van der Waals surface area contributed by atoms with E-state index < -0.39 is 23.7 Å². The van der Waals surface area contributed by atoms with Crippen molar-refractivity contribution in [2.45, 2.75) is 38.8 Å². The highest BCUT2D eigenvalue weighted by atomic mass is 127. The lowest BCUT2D eigenvalue weighted by Crippen LogP contribution is -2.44. The van der Waals surface area contributed by atoms with Crippen molar-refractivity contribution in [3.63, 3.8) is 0 Å². The predicted molar refractivity (Wildman–Crippen MR) is 88.1 cm³/mol. The summed E-state index contributed by atoms with van der Waals surface area (Å²) in [6.45, 7) is 5.14. The van der Waals surface area contributed by atoms with Gasteiger partial charge in [0.2, 0.25) is 0 Å². The summed E-state index contributed by atoms with van der Waals surface area (Å²) in [6.07, 6.45) is -0.592. The SMILES string of the molecule is CC(C)(C)OC(=O)N[C@H](Cc1ccc(N)c(I)c1)C(=O)O. The van der Waals surface area contributed by atoms with Gasteiger partial charge < -0.3 is 20.9 Å². The standard InChI is InChI=1S/C14H19IN2O4/c1-14(2,3)21-13(20)17-11(12(18)19)7-8-4-5-10(16)9(15)6-8/h4-6,11H,7,16H2,1-3H3,(H,17,20)(H,18,19)/t11-/m1/s1. The van der Waals surface area contributed by atoms with Gasteiger partial charge in [-0.1, -0.05) is 6.07 Å². The molecule has 1 amide bonds. The molecular weight excluding hydrogens is 387 g/mol. The Hall–Kier alpha value is -1.51. The fourth-order valence-electron chi connectivity index (χ4n) is 1.58. The molecule has 0 aliphatic carbocycles. The number of hydrogen-bond donors (Lipinski definition) is 3. The average Bonchev–Trinajstić information content (AvgIpc) is 2.30. The third kappa shape index (κ3) is 6.19. The molecule has 116 valence electrons. The van der Waals surface area contributed by atoms with Crippen molar-refractivity contribution in [1.82, 2.24) is 5.32 Å². The Kier molecular flexibility index (Phi) is 5.82. The lowest BCUT2D eigenvalue weighted by atomic mass is 10.1. The molecule has 0 heterocycles. The number of carbonyl (C=O) groups is 2. The molecule has 1 atom stereocenters. The predicted octanol–water partition coefficient (Wildman–Crippen LogP) is 2.39. The van der Waals surface area contributed by atoms with Crippen molar-refractivity contribution in [3.05, 3.63) is 27.3 Å². The zero-order valence-electron chi connectivity index (χ0n) is 12.1. The van der Waals surface area contributed by atoms with Crippen molar-refractivity contribution < 1.29 is 19.4 Å². The molecule has 0 aliphatic heterocycles. The average molecular weight is 406 g/mol. The van der Waals surface area contributed by atoms with Gasteiger partial charge in [-0.15, -0.1) is 0 Å². The van der Waals surface area contributed by atoms with E-state index in [0.717, 1.165) is 9.13 Å². The first kappa shape index (κ1) is 17.5.